The molecule has 5 heteroatoms. The number of pyridine rings is 1. The zero-order valence-corrected chi connectivity index (χ0v) is 8.92. The van der Waals surface area contributed by atoms with E-state index in [-0.39, 0.29) is 11.9 Å². The lowest BCUT2D eigenvalue weighted by Crippen LogP contribution is -2.08. The molecule has 0 aliphatic carbocycles. The Hall–Kier alpha value is -0.780. The number of aromatic nitrogens is 1. The topological polar surface area (TPSA) is 71.2 Å². The second kappa shape index (κ2) is 5.85. The number of hydrazine groups is 1. The first kappa shape index (κ1) is 11.3. The van der Waals surface area contributed by atoms with Crippen molar-refractivity contribution in [2.24, 2.45) is 5.84 Å². The molecule has 78 valence electrons. The van der Waals surface area contributed by atoms with Crippen molar-refractivity contribution in [1.82, 2.24) is 4.98 Å². The maximum Gasteiger partial charge on any atom is 0.140 e. The van der Waals surface area contributed by atoms with Crippen LogP contribution in [0.4, 0.5) is 5.82 Å². The Morgan fingerprint density at radius 3 is 3.14 bits per heavy atom. The minimum atomic E-state index is 0.206. The molecule has 1 unspecified atom stereocenters. The van der Waals surface area contributed by atoms with Crippen molar-refractivity contribution >= 4 is 17.6 Å². The molecule has 0 bridgehead atoms. The van der Waals surface area contributed by atoms with Crippen LogP contribution in [0.3, 0.4) is 0 Å². The zero-order chi connectivity index (χ0) is 10.4. The fourth-order valence-corrected chi connectivity index (χ4v) is 1.70. The van der Waals surface area contributed by atoms with E-state index in [2.05, 4.69) is 10.4 Å². The molecule has 0 amide bonds. The number of nitrogens with one attached hydrogen (secondary N) is 1. The fourth-order valence-electron chi connectivity index (χ4n) is 0.934. The third kappa shape index (κ3) is 3.53. The van der Waals surface area contributed by atoms with Crippen LogP contribution in [0.1, 0.15) is 12.5 Å². The summed E-state index contributed by atoms with van der Waals surface area (Å²) in [4.78, 5) is 4.01. The lowest BCUT2D eigenvalue weighted by molar-refractivity contribution is 0.300. The van der Waals surface area contributed by atoms with Crippen molar-refractivity contribution in [2.45, 2.75) is 17.9 Å². The number of rotatable bonds is 5. The molecule has 14 heavy (non-hydrogen) atoms. The third-order valence-electron chi connectivity index (χ3n) is 1.76. The summed E-state index contributed by atoms with van der Waals surface area (Å²) >= 11 is 1.70. The average Bonchev–Trinajstić information content (AvgIpc) is 2.26. The highest BCUT2D eigenvalue weighted by Gasteiger charge is 2.01. The lowest BCUT2D eigenvalue weighted by atomic mass is 10.3. The molecule has 0 aromatic carbocycles. The quantitative estimate of drug-likeness (QED) is 0.502. The molecule has 0 aliphatic heterocycles. The van der Waals surface area contributed by atoms with Gasteiger partial charge in [0.05, 0.1) is 6.61 Å². The number of nitrogens with zero attached hydrogens (tertiary/aromatic N) is 1. The van der Waals surface area contributed by atoms with Gasteiger partial charge in [0.25, 0.3) is 0 Å². The Morgan fingerprint density at radius 1 is 1.71 bits per heavy atom. The fraction of sp³-hybridized carbons (Fsp3) is 0.444. The van der Waals surface area contributed by atoms with Crippen LogP contribution in [0.5, 0.6) is 0 Å². The van der Waals surface area contributed by atoms with E-state index in [9.17, 15) is 0 Å². The number of hydrogen-bond acceptors (Lipinski definition) is 5. The van der Waals surface area contributed by atoms with Crippen molar-refractivity contribution in [3.63, 3.8) is 0 Å². The van der Waals surface area contributed by atoms with Gasteiger partial charge in [0.2, 0.25) is 0 Å². The van der Waals surface area contributed by atoms with Crippen molar-refractivity contribution in [3.05, 3.63) is 23.9 Å². The van der Waals surface area contributed by atoms with Gasteiger partial charge in [0.15, 0.2) is 0 Å². The van der Waals surface area contributed by atoms with E-state index in [0.717, 1.165) is 11.3 Å². The van der Waals surface area contributed by atoms with E-state index in [1.165, 1.54) is 0 Å². The standard InChI is InChI=1S/C9H15N3OS/c1-7(5-13)14-6-8-2-3-11-9(4-8)12-10/h2-4,7,13H,5-6,10H2,1H3,(H,11,12). The Kier molecular flexibility index (Phi) is 4.72. The summed E-state index contributed by atoms with van der Waals surface area (Å²) < 4.78 is 0. The molecule has 0 saturated heterocycles. The number of aliphatic hydroxyl groups is 1. The van der Waals surface area contributed by atoms with Crippen LogP contribution in [-0.2, 0) is 5.75 Å². The minimum absolute atomic E-state index is 0.206. The van der Waals surface area contributed by atoms with Crippen molar-refractivity contribution in [3.8, 4) is 0 Å². The van der Waals surface area contributed by atoms with Gasteiger partial charge in [0, 0.05) is 17.2 Å². The van der Waals surface area contributed by atoms with Crippen LogP contribution >= 0.6 is 11.8 Å². The number of anilines is 1. The molecule has 1 aromatic heterocycles. The molecule has 0 aliphatic rings. The van der Waals surface area contributed by atoms with Crippen LogP contribution in [0.25, 0.3) is 0 Å². The minimum Gasteiger partial charge on any atom is -0.395 e. The smallest absolute Gasteiger partial charge is 0.140 e. The number of aliphatic hydroxyl groups excluding tert-OH is 1. The van der Waals surface area contributed by atoms with E-state index in [4.69, 9.17) is 10.9 Å². The largest absolute Gasteiger partial charge is 0.395 e. The van der Waals surface area contributed by atoms with Gasteiger partial charge in [-0.15, -0.1) is 0 Å². The summed E-state index contributed by atoms with van der Waals surface area (Å²) in [5, 5.41) is 9.11. The molecule has 1 aromatic rings. The molecule has 4 N–H and O–H groups in total. The molecule has 1 rings (SSSR count). The van der Waals surface area contributed by atoms with Gasteiger partial charge in [-0.25, -0.2) is 10.8 Å². The van der Waals surface area contributed by atoms with E-state index < -0.39 is 0 Å². The second-order valence-electron chi connectivity index (χ2n) is 3.00. The molecule has 1 atom stereocenters. The summed E-state index contributed by atoms with van der Waals surface area (Å²) in [6.07, 6.45) is 1.72. The van der Waals surface area contributed by atoms with E-state index in [1.807, 2.05) is 19.1 Å². The van der Waals surface area contributed by atoms with Gasteiger partial charge >= 0.3 is 0 Å². The molecular formula is C9H15N3OS. The molecule has 0 fully saturated rings. The summed E-state index contributed by atoms with van der Waals surface area (Å²) in [5.74, 6) is 6.77. The molecule has 4 nitrogen and oxygen atoms in total. The predicted octanol–water partition coefficient (Wildman–Crippen LogP) is 0.981. The van der Waals surface area contributed by atoms with Gasteiger partial charge in [0.1, 0.15) is 5.82 Å². The molecule has 0 spiro atoms. The molecular weight excluding hydrogens is 198 g/mol. The van der Waals surface area contributed by atoms with E-state index in [0.29, 0.717) is 5.82 Å². The normalized spacial score (nSPS) is 12.5. The van der Waals surface area contributed by atoms with Gasteiger partial charge in [-0.2, -0.15) is 11.8 Å². The number of hydrogen-bond donors (Lipinski definition) is 3. The first-order valence-electron chi connectivity index (χ1n) is 4.40. The first-order valence-corrected chi connectivity index (χ1v) is 5.45. The number of nitrogens with two attached hydrogens (primary N) is 1. The van der Waals surface area contributed by atoms with Gasteiger partial charge in [-0.1, -0.05) is 6.92 Å². The van der Waals surface area contributed by atoms with Crippen molar-refractivity contribution in [1.29, 1.82) is 0 Å². The lowest BCUT2D eigenvalue weighted by Gasteiger charge is -2.07. The van der Waals surface area contributed by atoms with Crippen molar-refractivity contribution in [2.75, 3.05) is 12.0 Å². The van der Waals surface area contributed by atoms with Crippen LogP contribution < -0.4 is 11.3 Å². The molecule has 0 radical (unpaired) electrons. The van der Waals surface area contributed by atoms with Crippen LogP contribution in [0.15, 0.2) is 18.3 Å². The zero-order valence-electron chi connectivity index (χ0n) is 8.10. The van der Waals surface area contributed by atoms with E-state index in [1.54, 1.807) is 18.0 Å². The third-order valence-corrected chi connectivity index (χ3v) is 2.98. The highest BCUT2D eigenvalue weighted by atomic mass is 32.2. The second-order valence-corrected chi connectivity index (χ2v) is 4.42. The Labute approximate surface area is 87.9 Å². The van der Waals surface area contributed by atoms with Crippen LogP contribution in [-0.4, -0.2) is 21.9 Å². The predicted molar refractivity (Wildman–Crippen MR) is 59.9 cm³/mol. The highest BCUT2D eigenvalue weighted by molar-refractivity contribution is 7.99. The summed E-state index contributed by atoms with van der Waals surface area (Å²) in [6, 6.07) is 3.84. The monoisotopic (exact) mass is 213 g/mol. The van der Waals surface area contributed by atoms with Gasteiger partial charge in [-0.3, -0.25) is 0 Å². The molecule has 0 saturated carbocycles. The summed E-state index contributed by atoms with van der Waals surface area (Å²) in [5.41, 5.74) is 3.65. The van der Waals surface area contributed by atoms with Crippen LogP contribution in [0, 0.1) is 0 Å². The van der Waals surface area contributed by atoms with Gasteiger partial charge in [-0.05, 0) is 17.7 Å². The summed E-state index contributed by atoms with van der Waals surface area (Å²) in [7, 11) is 0. The number of thioether (sulfide) groups is 1. The van der Waals surface area contributed by atoms with Crippen molar-refractivity contribution < 1.29 is 5.11 Å². The Balaban J connectivity index is 2.50. The molecule has 1 heterocycles. The Bertz CT molecular complexity index is 283. The number of nitrogen functional groups attached to an aromatic ring is 1. The van der Waals surface area contributed by atoms with Crippen LogP contribution in [0.2, 0.25) is 0 Å². The SMILES string of the molecule is CC(CO)SCc1ccnc(NN)c1. The van der Waals surface area contributed by atoms with Gasteiger partial charge < -0.3 is 10.5 Å². The highest BCUT2D eigenvalue weighted by Crippen LogP contribution is 2.18. The van der Waals surface area contributed by atoms with E-state index >= 15 is 0 Å². The average molecular weight is 213 g/mol. The first-order chi connectivity index (χ1) is 6.76. The maximum absolute atomic E-state index is 8.85. The summed E-state index contributed by atoms with van der Waals surface area (Å²) in [6.45, 7) is 2.20. The maximum atomic E-state index is 8.85. The Morgan fingerprint density at radius 2 is 2.50 bits per heavy atom.